The molecule has 3 aliphatic carbocycles. The fourth-order valence-corrected chi connectivity index (χ4v) is 4.18. The third-order valence-corrected chi connectivity index (χ3v) is 5.90. The van der Waals surface area contributed by atoms with Crippen molar-refractivity contribution in [2.75, 3.05) is 39.3 Å². The molecule has 1 saturated heterocycles. The zero-order valence-corrected chi connectivity index (χ0v) is 12.3. The van der Waals surface area contributed by atoms with Gasteiger partial charge in [-0.25, -0.2) is 0 Å². The van der Waals surface area contributed by atoms with E-state index in [9.17, 15) is 0 Å². The van der Waals surface area contributed by atoms with Crippen LogP contribution >= 0.6 is 0 Å². The summed E-state index contributed by atoms with van der Waals surface area (Å²) < 4.78 is 0. The van der Waals surface area contributed by atoms with E-state index in [0.29, 0.717) is 5.41 Å². The molecule has 2 fully saturated rings. The molecule has 2 atom stereocenters. The Balaban J connectivity index is 1.56. The molecule has 2 bridgehead atoms. The zero-order chi connectivity index (χ0) is 12.8. The van der Waals surface area contributed by atoms with Crippen molar-refractivity contribution >= 4 is 0 Å². The molecular formula is C16H28N2. The van der Waals surface area contributed by atoms with Crippen molar-refractivity contribution in [2.45, 2.75) is 33.6 Å². The van der Waals surface area contributed by atoms with Crippen LogP contribution in [0.4, 0.5) is 0 Å². The lowest BCUT2D eigenvalue weighted by molar-refractivity contribution is -0.0120. The predicted octanol–water partition coefficient (Wildman–Crippen LogP) is 2.62. The van der Waals surface area contributed by atoms with E-state index in [1.54, 1.807) is 5.57 Å². The first-order chi connectivity index (χ1) is 8.61. The maximum Gasteiger partial charge on any atom is 0.0196 e. The van der Waals surface area contributed by atoms with Crippen LogP contribution in [0.1, 0.15) is 33.6 Å². The van der Waals surface area contributed by atoms with Gasteiger partial charge in [-0.3, -0.25) is 4.90 Å². The highest BCUT2D eigenvalue weighted by Crippen LogP contribution is 2.59. The first-order valence-electron chi connectivity index (χ1n) is 7.75. The Labute approximate surface area is 112 Å². The summed E-state index contributed by atoms with van der Waals surface area (Å²) in [5.74, 6) is 1.86. The van der Waals surface area contributed by atoms with Crippen LogP contribution in [0.5, 0.6) is 0 Å². The van der Waals surface area contributed by atoms with Crippen LogP contribution in [-0.2, 0) is 0 Å². The molecular weight excluding hydrogens is 220 g/mol. The molecule has 1 aliphatic heterocycles. The van der Waals surface area contributed by atoms with E-state index in [1.165, 1.54) is 52.1 Å². The minimum Gasteiger partial charge on any atom is -0.301 e. The van der Waals surface area contributed by atoms with Gasteiger partial charge in [0.05, 0.1) is 0 Å². The van der Waals surface area contributed by atoms with Gasteiger partial charge in [0.1, 0.15) is 0 Å². The molecule has 1 heterocycles. The van der Waals surface area contributed by atoms with Gasteiger partial charge in [-0.05, 0) is 36.6 Å². The molecule has 0 aromatic heterocycles. The third-order valence-electron chi connectivity index (χ3n) is 5.90. The predicted molar refractivity (Wildman–Crippen MR) is 76.6 cm³/mol. The normalized spacial score (nSPS) is 36.1. The molecule has 102 valence electrons. The number of nitrogens with zero attached hydrogens (tertiary/aromatic N) is 2. The third kappa shape index (κ3) is 2.04. The molecule has 4 rings (SSSR count). The maximum atomic E-state index is 2.67. The van der Waals surface area contributed by atoms with Crippen molar-refractivity contribution in [1.82, 2.24) is 9.80 Å². The lowest BCUT2D eigenvalue weighted by Gasteiger charge is -2.57. The Hall–Kier alpha value is -0.340. The van der Waals surface area contributed by atoms with Gasteiger partial charge < -0.3 is 4.90 Å². The fourth-order valence-electron chi connectivity index (χ4n) is 4.18. The van der Waals surface area contributed by atoms with Crippen LogP contribution in [0.2, 0.25) is 0 Å². The topological polar surface area (TPSA) is 6.48 Å². The Morgan fingerprint density at radius 1 is 1.17 bits per heavy atom. The van der Waals surface area contributed by atoms with Gasteiger partial charge in [-0.15, -0.1) is 0 Å². The van der Waals surface area contributed by atoms with Crippen LogP contribution in [0, 0.1) is 17.3 Å². The number of hydrogen-bond donors (Lipinski definition) is 0. The van der Waals surface area contributed by atoms with E-state index in [0.717, 1.165) is 11.8 Å². The van der Waals surface area contributed by atoms with E-state index in [1.807, 2.05) is 0 Å². The summed E-state index contributed by atoms with van der Waals surface area (Å²) in [7, 11) is 0. The second-order valence-electron chi connectivity index (χ2n) is 7.03. The molecule has 0 N–H and O–H groups in total. The summed E-state index contributed by atoms with van der Waals surface area (Å²) in [4.78, 5) is 5.24. The number of piperazine rings is 1. The zero-order valence-electron chi connectivity index (χ0n) is 12.3. The Bertz CT molecular complexity index is 337. The van der Waals surface area contributed by atoms with Crippen molar-refractivity contribution in [3.63, 3.8) is 0 Å². The Morgan fingerprint density at radius 2 is 1.83 bits per heavy atom. The first-order valence-corrected chi connectivity index (χ1v) is 7.75. The summed E-state index contributed by atoms with van der Waals surface area (Å²) >= 11 is 0. The SMILES string of the molecule is CCN1CCN(CC2=CC[C@@H]3C[C@@H]2C3(C)C)CC1. The number of allylic oxidation sites excluding steroid dienone is 1. The maximum absolute atomic E-state index is 2.67. The number of hydrogen-bond acceptors (Lipinski definition) is 2. The van der Waals surface area contributed by atoms with Gasteiger partial charge in [0.2, 0.25) is 0 Å². The summed E-state index contributed by atoms with van der Waals surface area (Å²) in [6.45, 7) is 14.8. The molecule has 0 aromatic rings. The van der Waals surface area contributed by atoms with Crippen molar-refractivity contribution in [3.8, 4) is 0 Å². The van der Waals surface area contributed by atoms with E-state index in [-0.39, 0.29) is 0 Å². The van der Waals surface area contributed by atoms with E-state index >= 15 is 0 Å². The van der Waals surface area contributed by atoms with E-state index in [4.69, 9.17) is 0 Å². The van der Waals surface area contributed by atoms with E-state index in [2.05, 4.69) is 36.6 Å². The van der Waals surface area contributed by atoms with Gasteiger partial charge >= 0.3 is 0 Å². The number of rotatable bonds is 3. The van der Waals surface area contributed by atoms with Gasteiger partial charge in [0.25, 0.3) is 0 Å². The molecule has 0 radical (unpaired) electrons. The lowest BCUT2D eigenvalue weighted by Crippen LogP contribution is -2.52. The molecule has 2 heteroatoms. The quantitative estimate of drug-likeness (QED) is 0.708. The summed E-state index contributed by atoms with van der Waals surface area (Å²) in [6.07, 6.45) is 5.37. The highest BCUT2D eigenvalue weighted by Gasteiger charge is 2.51. The lowest BCUT2D eigenvalue weighted by atomic mass is 9.49. The van der Waals surface area contributed by atoms with Gasteiger partial charge in [-0.2, -0.15) is 0 Å². The van der Waals surface area contributed by atoms with Crippen LogP contribution in [0.15, 0.2) is 11.6 Å². The van der Waals surface area contributed by atoms with Crippen molar-refractivity contribution in [2.24, 2.45) is 17.3 Å². The molecule has 2 nitrogen and oxygen atoms in total. The van der Waals surface area contributed by atoms with Crippen molar-refractivity contribution < 1.29 is 0 Å². The second-order valence-corrected chi connectivity index (χ2v) is 7.03. The second kappa shape index (κ2) is 4.64. The minimum absolute atomic E-state index is 0.593. The standard InChI is InChI=1S/C16H28N2/c1-4-17-7-9-18(10-8-17)12-13-5-6-14-11-15(13)16(14,2)3/h5,14-15H,4,6-12H2,1-3H3/t14-,15+/m1/s1. The van der Waals surface area contributed by atoms with E-state index < -0.39 is 0 Å². The average Bonchev–Trinajstić information content (AvgIpc) is 2.39. The monoisotopic (exact) mass is 248 g/mol. The van der Waals surface area contributed by atoms with Gasteiger partial charge in [-0.1, -0.05) is 32.4 Å². The molecule has 0 spiro atoms. The molecule has 1 saturated carbocycles. The van der Waals surface area contributed by atoms with Gasteiger partial charge in [0, 0.05) is 32.7 Å². The van der Waals surface area contributed by atoms with Crippen LogP contribution in [-0.4, -0.2) is 49.1 Å². The first kappa shape index (κ1) is 12.7. The number of fused-ring (bicyclic) bond motifs is 1. The fraction of sp³-hybridized carbons (Fsp3) is 0.875. The number of likely N-dealkylation sites (N-methyl/N-ethyl adjacent to an activating group) is 1. The van der Waals surface area contributed by atoms with Crippen molar-refractivity contribution in [3.05, 3.63) is 11.6 Å². The van der Waals surface area contributed by atoms with Crippen LogP contribution < -0.4 is 0 Å². The highest BCUT2D eigenvalue weighted by atomic mass is 15.3. The smallest absolute Gasteiger partial charge is 0.0196 e. The van der Waals surface area contributed by atoms with Crippen LogP contribution in [0.25, 0.3) is 0 Å². The summed E-state index contributed by atoms with van der Waals surface area (Å²) in [5.41, 5.74) is 2.35. The molecule has 18 heavy (non-hydrogen) atoms. The van der Waals surface area contributed by atoms with Gasteiger partial charge in [0.15, 0.2) is 0 Å². The van der Waals surface area contributed by atoms with Crippen molar-refractivity contribution in [1.29, 1.82) is 0 Å². The molecule has 0 unspecified atom stereocenters. The highest BCUT2D eigenvalue weighted by molar-refractivity contribution is 5.24. The summed E-state index contributed by atoms with van der Waals surface area (Å²) in [5, 5.41) is 0. The minimum atomic E-state index is 0.593. The largest absolute Gasteiger partial charge is 0.301 e. The Kier molecular flexibility index (Phi) is 3.27. The average molecular weight is 248 g/mol. The molecule has 0 amide bonds. The molecule has 0 aromatic carbocycles. The van der Waals surface area contributed by atoms with Crippen LogP contribution in [0.3, 0.4) is 0 Å². The summed E-state index contributed by atoms with van der Waals surface area (Å²) in [6, 6.07) is 0. The molecule has 4 aliphatic rings. The Morgan fingerprint density at radius 3 is 2.39 bits per heavy atom.